The van der Waals surface area contributed by atoms with Crippen LogP contribution in [0, 0.1) is 17.8 Å². The number of amides is 10. The second-order valence-electron chi connectivity index (χ2n) is 26.5. The van der Waals surface area contributed by atoms with Gasteiger partial charge in [0.1, 0.15) is 36.4 Å². The number of nitrogens with two attached hydrogens (primary N) is 1. The smallest absolute Gasteiger partial charge is 0.410 e. The molecule has 0 unspecified atom stereocenters. The molecule has 4 aliphatic rings. The van der Waals surface area contributed by atoms with Gasteiger partial charge in [-0.15, -0.1) is 0 Å². The van der Waals surface area contributed by atoms with E-state index in [2.05, 4.69) is 26.6 Å². The molecule has 10 amide bonds. The zero-order valence-electron chi connectivity index (χ0n) is 58.1. The van der Waals surface area contributed by atoms with E-state index in [0.717, 1.165) is 4.90 Å². The van der Waals surface area contributed by atoms with Crippen molar-refractivity contribution in [1.29, 1.82) is 0 Å². The van der Waals surface area contributed by atoms with E-state index in [9.17, 15) is 78.0 Å². The molecule has 30 heteroatoms. The second-order valence-corrected chi connectivity index (χ2v) is 26.5. The average molecular weight is 1390 g/mol. The predicted octanol–water partition coefficient (Wildman–Crippen LogP) is 4.08. The highest BCUT2D eigenvalue weighted by molar-refractivity contribution is 6.12. The zero-order chi connectivity index (χ0) is 73.3. The van der Waals surface area contributed by atoms with Crippen LogP contribution in [0.25, 0.3) is 0 Å². The Balaban J connectivity index is 1.16. The van der Waals surface area contributed by atoms with Crippen molar-refractivity contribution >= 4 is 77.3 Å². The largest absolute Gasteiger partial charge is 0.481 e. The molecule has 13 atom stereocenters. The highest BCUT2D eigenvalue weighted by Gasteiger charge is 2.48. The minimum atomic E-state index is -1.52. The Morgan fingerprint density at radius 2 is 1.48 bits per heavy atom. The Kier molecular flexibility index (Phi) is 31.5. The number of primary amides is 1. The number of ether oxygens (including phenoxy) is 5. The number of epoxide rings is 1. The third kappa shape index (κ3) is 26.8. The molecule has 99 heavy (non-hydrogen) atoms. The van der Waals surface area contributed by atoms with E-state index in [0.29, 0.717) is 43.2 Å². The molecule has 0 aliphatic carbocycles. The van der Waals surface area contributed by atoms with E-state index in [1.807, 2.05) is 13.8 Å². The van der Waals surface area contributed by atoms with Crippen LogP contribution in [-0.4, -0.2) is 212 Å². The maximum atomic E-state index is 14.0. The predicted molar refractivity (Wildman–Crippen MR) is 358 cm³/mol. The minimum Gasteiger partial charge on any atom is -0.481 e. The van der Waals surface area contributed by atoms with E-state index in [1.54, 1.807) is 84.1 Å². The number of cyclic esters (lactones) is 1. The van der Waals surface area contributed by atoms with Gasteiger partial charge in [0, 0.05) is 95.1 Å². The quantitative estimate of drug-likeness (QED) is 0.00901. The summed E-state index contributed by atoms with van der Waals surface area (Å²) in [5.41, 5.74) is 3.84. The summed E-state index contributed by atoms with van der Waals surface area (Å²) in [6.07, 6.45) is 5.77. The molecule has 2 fully saturated rings. The molecule has 30 nitrogen and oxygen atoms in total. The van der Waals surface area contributed by atoms with Gasteiger partial charge in [-0.25, -0.2) is 14.4 Å². The fourth-order valence-corrected chi connectivity index (χ4v) is 11.7. The number of aliphatic carboxylic acids is 1. The van der Waals surface area contributed by atoms with Gasteiger partial charge in [0.2, 0.25) is 23.6 Å². The Labute approximate surface area is 577 Å². The molecular weight excluding hydrogens is 1290 g/mol. The number of esters is 2. The molecule has 11 N–H and O–H groups in total. The number of allylic oxidation sites excluding steroid dienone is 2. The highest BCUT2D eigenvalue weighted by atomic mass is 16.6. The first-order chi connectivity index (χ1) is 46.7. The second kappa shape index (κ2) is 38.6. The normalized spacial score (nSPS) is 23.7. The SMILES string of the molecule is CC[C@H](O)[C@@H](C)[C@@H]1O[C@@H]1C[C@@](C)(O)/C=C/C=C(\C)[C@H]1OC(=O)C[C@H](O)CC[C@@](C)(OC(C)=O)[C@@H](OC(=O)N2CCN(C(=O)OCc3ccc(NC(=O)[C@H](CCCNC(N)=O)NC(=O)[C@@H](NC(=O)[C@H](CCC(=O)O)NC(=O)CCCCCN4C(=O)C=CC4=O)C(C)C)cc3)CC2)/C=C\[C@@H]1C. The van der Waals surface area contributed by atoms with E-state index in [-0.39, 0.29) is 115 Å². The number of urea groups is 1. The number of aliphatic hydroxyl groups is 3. The molecular formula is C69H101N9O21. The summed E-state index contributed by atoms with van der Waals surface area (Å²) in [6.45, 7) is 15.2. The van der Waals surface area contributed by atoms with Crippen LogP contribution in [0.1, 0.15) is 151 Å². The minimum absolute atomic E-state index is 0.0174. The molecule has 0 aromatic heterocycles. The number of carbonyl (C=O) groups excluding carboxylic acids is 11. The van der Waals surface area contributed by atoms with Crippen molar-refractivity contribution in [2.24, 2.45) is 23.5 Å². The Hall–Kier alpha value is -8.74. The van der Waals surface area contributed by atoms with Crippen LogP contribution >= 0.6 is 0 Å². The van der Waals surface area contributed by atoms with Crippen LogP contribution in [-0.2, 0) is 73.4 Å². The third-order valence-corrected chi connectivity index (χ3v) is 17.7. The number of unbranched alkanes of at least 4 members (excludes halogenated alkanes) is 2. The van der Waals surface area contributed by atoms with Crippen LogP contribution in [0.3, 0.4) is 0 Å². The zero-order valence-corrected chi connectivity index (χ0v) is 58.1. The highest BCUT2D eigenvalue weighted by Crippen LogP contribution is 2.38. The summed E-state index contributed by atoms with van der Waals surface area (Å²) in [7, 11) is 0. The fourth-order valence-electron chi connectivity index (χ4n) is 11.7. The lowest BCUT2D eigenvalue weighted by Gasteiger charge is -2.38. The molecule has 1 aromatic rings. The summed E-state index contributed by atoms with van der Waals surface area (Å²) in [4.78, 5) is 158. The lowest BCUT2D eigenvalue weighted by molar-refractivity contribution is -0.168. The molecule has 5 rings (SSSR count). The van der Waals surface area contributed by atoms with Crippen molar-refractivity contribution in [3.05, 3.63) is 77.9 Å². The molecule has 0 radical (unpaired) electrons. The number of hydrogen-bond donors (Lipinski definition) is 10. The van der Waals surface area contributed by atoms with Crippen LogP contribution in [0.2, 0.25) is 0 Å². The van der Waals surface area contributed by atoms with Crippen molar-refractivity contribution in [2.45, 2.75) is 218 Å². The number of carboxylic acids is 1. The number of imide groups is 1. The summed E-state index contributed by atoms with van der Waals surface area (Å²) in [5.74, 6) is -7.57. The molecule has 548 valence electrons. The van der Waals surface area contributed by atoms with Crippen LogP contribution < -0.4 is 32.3 Å². The number of piperazine rings is 1. The van der Waals surface area contributed by atoms with Crippen molar-refractivity contribution < 1.29 is 102 Å². The average Bonchev–Trinajstić information content (AvgIpc) is 1.74. The van der Waals surface area contributed by atoms with Crippen LogP contribution in [0.4, 0.5) is 20.1 Å². The summed E-state index contributed by atoms with van der Waals surface area (Å²) in [5, 5.41) is 55.0. The molecule has 4 heterocycles. The van der Waals surface area contributed by atoms with E-state index < -0.39 is 144 Å². The van der Waals surface area contributed by atoms with Gasteiger partial charge in [-0.3, -0.25) is 48.1 Å². The monoisotopic (exact) mass is 1390 g/mol. The van der Waals surface area contributed by atoms with Crippen LogP contribution in [0.15, 0.2) is 72.4 Å². The number of nitrogens with one attached hydrogen (secondary N) is 5. The third-order valence-electron chi connectivity index (χ3n) is 17.7. The lowest BCUT2D eigenvalue weighted by Crippen LogP contribution is -2.57. The Bertz CT molecular complexity index is 3110. The van der Waals surface area contributed by atoms with Gasteiger partial charge in [0.15, 0.2) is 6.10 Å². The van der Waals surface area contributed by atoms with Gasteiger partial charge in [0.05, 0.1) is 36.4 Å². The molecule has 0 bridgehead atoms. The van der Waals surface area contributed by atoms with Gasteiger partial charge < -0.3 is 86.2 Å². The number of carbonyl (C=O) groups is 12. The first-order valence-corrected chi connectivity index (χ1v) is 33.8. The van der Waals surface area contributed by atoms with Crippen molar-refractivity contribution in [3.8, 4) is 0 Å². The number of aliphatic hydroxyl groups excluding tert-OH is 2. The van der Waals surface area contributed by atoms with Gasteiger partial charge >= 0.3 is 36.1 Å². The standard InChI is InChI=1S/C69H101N9O21/c1-10-51(81)44(6)61-52(96-61)39-68(8,94)30-14-16-42(4)60-43(5)19-25-53(69(9,99-45(7)79)31-29-48(80)38-58(87)98-60)97-67(93)77-36-34-76(35-37-77)66(92)95-40-46-20-22-47(23-21-46)72-62(88)49(17-15-32-71-65(70)91)74-64(90)59(41(2)3)75-63(89)50(24-28-57(85)86)73-54(82)18-12-11-13-33-78-55(83)26-27-56(78)84/h14,16,19-23,25-27,30,41,43-44,48-53,59-61,80-81,94H,10-13,15,17-18,24,28-29,31-40H2,1-9H3,(H,72,88)(H,73,82)(H,74,90)(H,75,89)(H,85,86)(H3,70,71,91)/b25-19-,30-14+,42-16+/t43-,44+,48+,49-,50-,51-,52+,53-,59-,60+,61-,68-,69+/m0/s1. The maximum Gasteiger partial charge on any atom is 0.410 e. The van der Waals surface area contributed by atoms with Crippen molar-refractivity contribution in [1.82, 2.24) is 36.0 Å². The fraction of sp³-hybridized carbons (Fsp3) is 0.623. The molecule has 0 spiro atoms. The number of rotatable bonds is 33. The maximum absolute atomic E-state index is 14.0. The number of carboxylic acid groups (broad SMARTS) is 1. The molecule has 1 aromatic carbocycles. The summed E-state index contributed by atoms with van der Waals surface area (Å²) in [6, 6.07) is 1.55. The first kappa shape index (κ1) is 80.9. The Morgan fingerprint density at radius 3 is 2.10 bits per heavy atom. The first-order valence-electron chi connectivity index (χ1n) is 33.8. The molecule has 2 saturated heterocycles. The summed E-state index contributed by atoms with van der Waals surface area (Å²) < 4.78 is 29.3. The Morgan fingerprint density at radius 1 is 0.838 bits per heavy atom. The molecule has 4 aliphatic heterocycles. The van der Waals surface area contributed by atoms with Crippen molar-refractivity contribution in [3.63, 3.8) is 0 Å². The van der Waals surface area contributed by atoms with E-state index in [4.69, 9.17) is 29.4 Å². The lowest BCUT2D eigenvalue weighted by atomic mass is 9.88. The van der Waals surface area contributed by atoms with Gasteiger partial charge in [0.25, 0.3) is 11.8 Å². The van der Waals surface area contributed by atoms with Gasteiger partial charge in [-0.2, -0.15) is 0 Å². The molecule has 0 saturated carbocycles. The van der Waals surface area contributed by atoms with Gasteiger partial charge in [-0.05, 0) is 107 Å². The van der Waals surface area contributed by atoms with E-state index in [1.165, 1.54) is 41.0 Å². The summed E-state index contributed by atoms with van der Waals surface area (Å²) >= 11 is 0. The number of benzene rings is 1. The van der Waals surface area contributed by atoms with Crippen LogP contribution in [0.5, 0.6) is 0 Å². The van der Waals surface area contributed by atoms with Crippen molar-refractivity contribution in [2.75, 3.05) is 44.6 Å². The topological polar surface area (TPSA) is 431 Å². The number of anilines is 1. The number of hydrogen-bond acceptors (Lipinski definition) is 20. The van der Waals surface area contributed by atoms with Gasteiger partial charge in [-0.1, -0.05) is 77.5 Å². The number of nitrogens with zero attached hydrogens (tertiary/aromatic N) is 3. The van der Waals surface area contributed by atoms with E-state index >= 15 is 0 Å².